The second kappa shape index (κ2) is 7.62. The lowest BCUT2D eigenvalue weighted by Crippen LogP contribution is -2.32. The van der Waals surface area contributed by atoms with Gasteiger partial charge in [0.1, 0.15) is 6.10 Å². The molecule has 0 saturated carbocycles. The van der Waals surface area contributed by atoms with Crippen molar-refractivity contribution in [3.8, 4) is 0 Å². The molecule has 2 atom stereocenters. The van der Waals surface area contributed by atoms with Gasteiger partial charge in [-0.05, 0) is 43.7 Å². The van der Waals surface area contributed by atoms with Crippen molar-refractivity contribution in [2.24, 2.45) is 0 Å². The summed E-state index contributed by atoms with van der Waals surface area (Å²) >= 11 is 0. The van der Waals surface area contributed by atoms with Gasteiger partial charge in [0.15, 0.2) is 0 Å². The van der Waals surface area contributed by atoms with Gasteiger partial charge in [0.25, 0.3) is 0 Å². The zero-order chi connectivity index (χ0) is 24.2. The first-order valence-corrected chi connectivity index (χ1v) is 9.01. The van der Waals surface area contributed by atoms with Gasteiger partial charge in [0.2, 0.25) is 0 Å². The summed E-state index contributed by atoms with van der Waals surface area (Å²) < 4.78 is 123. The van der Waals surface area contributed by atoms with Crippen molar-refractivity contribution in [2.45, 2.75) is 51.1 Å². The molecule has 32 heavy (non-hydrogen) atoms. The Balaban J connectivity index is 1.97. The molecular formula is C19H15F9N2O2. The average Bonchev–Trinajstić information content (AvgIpc) is 3.14. The molecule has 1 aliphatic heterocycles. The smallest absolute Gasteiger partial charge is 0.418 e. The van der Waals surface area contributed by atoms with Crippen LogP contribution in [0.15, 0.2) is 24.3 Å². The molecule has 4 nitrogen and oxygen atoms in total. The van der Waals surface area contributed by atoms with Crippen LogP contribution in [0.4, 0.5) is 44.3 Å². The molecule has 0 aliphatic carbocycles. The van der Waals surface area contributed by atoms with Gasteiger partial charge in [-0.2, -0.15) is 39.5 Å². The maximum Gasteiger partial charge on any atom is 0.418 e. The van der Waals surface area contributed by atoms with Crippen LogP contribution in [0.25, 0.3) is 0 Å². The summed E-state index contributed by atoms with van der Waals surface area (Å²) in [6.07, 6.45) is -17.7. The third-order valence-electron chi connectivity index (χ3n) is 5.00. The Morgan fingerprint density at radius 3 is 1.91 bits per heavy atom. The van der Waals surface area contributed by atoms with Crippen molar-refractivity contribution in [1.82, 2.24) is 9.88 Å². The van der Waals surface area contributed by atoms with Gasteiger partial charge < -0.3 is 9.72 Å². The number of nitrogens with zero attached hydrogens (tertiary/aromatic N) is 1. The number of halogens is 9. The summed E-state index contributed by atoms with van der Waals surface area (Å²) in [6.45, 7) is 1.98. The van der Waals surface area contributed by atoms with Crippen LogP contribution < -0.4 is 0 Å². The number of hydrogen-bond acceptors (Lipinski definition) is 2. The number of carbonyl (C=O) groups excluding carboxylic acids is 1. The van der Waals surface area contributed by atoms with E-state index >= 15 is 0 Å². The molecule has 0 spiro atoms. The van der Waals surface area contributed by atoms with Crippen LogP contribution in [0.3, 0.4) is 0 Å². The number of cyclic esters (lactones) is 1. The van der Waals surface area contributed by atoms with Crippen molar-refractivity contribution in [2.75, 3.05) is 0 Å². The van der Waals surface area contributed by atoms with Crippen molar-refractivity contribution >= 4 is 6.09 Å². The van der Waals surface area contributed by atoms with Crippen LogP contribution in [-0.2, 0) is 29.8 Å². The molecule has 2 aromatic rings. The van der Waals surface area contributed by atoms with Crippen molar-refractivity contribution < 1.29 is 49.0 Å². The van der Waals surface area contributed by atoms with E-state index in [-0.39, 0.29) is 17.5 Å². The molecule has 13 heteroatoms. The van der Waals surface area contributed by atoms with E-state index in [1.807, 2.05) is 0 Å². The van der Waals surface area contributed by atoms with Crippen LogP contribution in [0.5, 0.6) is 0 Å². The van der Waals surface area contributed by atoms with E-state index in [4.69, 9.17) is 4.74 Å². The van der Waals surface area contributed by atoms with Gasteiger partial charge >= 0.3 is 24.6 Å². The van der Waals surface area contributed by atoms with E-state index in [0.29, 0.717) is 12.1 Å². The van der Waals surface area contributed by atoms with Crippen molar-refractivity contribution in [3.05, 3.63) is 57.9 Å². The second-order valence-corrected chi connectivity index (χ2v) is 7.35. The van der Waals surface area contributed by atoms with Crippen LogP contribution in [0, 0.1) is 6.92 Å². The third kappa shape index (κ3) is 4.65. The maximum absolute atomic E-state index is 13.2. The van der Waals surface area contributed by atoms with E-state index in [1.165, 1.54) is 13.8 Å². The van der Waals surface area contributed by atoms with E-state index < -0.39 is 65.6 Å². The molecule has 1 N–H and O–H groups in total. The minimum Gasteiger partial charge on any atom is -0.439 e. The molecule has 1 aliphatic rings. The van der Waals surface area contributed by atoms with Gasteiger partial charge in [-0.3, -0.25) is 4.90 Å². The number of nitrogens with one attached hydrogen (secondary N) is 1. The Hall–Kier alpha value is -2.86. The number of carbonyl (C=O) groups is 1. The minimum absolute atomic E-state index is 0.0694. The SMILES string of the molecule is Cc1cc(C(F)(F)F)c(CN2C(=O)O[C@H](c3cc(C(F)(F)F)cc(C(F)(F)F)c3)[C@@H]2C)[nH]1. The van der Waals surface area contributed by atoms with Gasteiger partial charge in [0.05, 0.1) is 29.3 Å². The Morgan fingerprint density at radius 1 is 0.906 bits per heavy atom. The highest BCUT2D eigenvalue weighted by atomic mass is 19.4. The predicted octanol–water partition coefficient (Wildman–Crippen LogP) is 6.46. The molecule has 0 bridgehead atoms. The molecule has 1 amide bonds. The molecule has 0 unspecified atom stereocenters. The fraction of sp³-hybridized carbons (Fsp3) is 0.421. The third-order valence-corrected chi connectivity index (χ3v) is 5.00. The quantitative estimate of drug-likeness (QED) is 0.519. The van der Waals surface area contributed by atoms with Crippen LogP contribution >= 0.6 is 0 Å². The van der Waals surface area contributed by atoms with Gasteiger partial charge in [0, 0.05) is 11.4 Å². The largest absolute Gasteiger partial charge is 0.439 e. The van der Waals surface area contributed by atoms with Gasteiger partial charge in [-0.25, -0.2) is 4.79 Å². The zero-order valence-electron chi connectivity index (χ0n) is 16.3. The number of aromatic nitrogens is 1. The topological polar surface area (TPSA) is 45.3 Å². The molecule has 1 saturated heterocycles. The Kier molecular flexibility index (Phi) is 5.67. The number of amides is 1. The lowest BCUT2D eigenvalue weighted by atomic mass is 9.97. The van der Waals surface area contributed by atoms with E-state index in [2.05, 4.69) is 4.98 Å². The maximum atomic E-state index is 13.2. The summed E-state index contributed by atoms with van der Waals surface area (Å²) in [6, 6.07) is 0.443. The first-order chi connectivity index (χ1) is 14.5. The van der Waals surface area contributed by atoms with Gasteiger partial charge in [-0.1, -0.05) is 0 Å². The predicted molar refractivity (Wildman–Crippen MR) is 91.2 cm³/mol. The number of ether oxygens (including phenoxy) is 1. The molecule has 1 aromatic heterocycles. The summed E-state index contributed by atoms with van der Waals surface area (Å²) in [5.41, 5.74) is -5.05. The Bertz CT molecular complexity index is 989. The summed E-state index contributed by atoms with van der Waals surface area (Å²) in [7, 11) is 0. The molecule has 1 aromatic carbocycles. The number of hydrogen-bond donors (Lipinski definition) is 1. The van der Waals surface area contributed by atoms with Crippen LogP contribution in [-0.4, -0.2) is 22.0 Å². The average molecular weight is 474 g/mol. The number of H-pyrrole nitrogens is 1. The van der Waals surface area contributed by atoms with Crippen LogP contribution in [0.1, 0.15) is 46.7 Å². The van der Waals surface area contributed by atoms with Crippen LogP contribution in [0.2, 0.25) is 0 Å². The molecule has 1 fully saturated rings. The van der Waals surface area contributed by atoms with Crippen molar-refractivity contribution in [3.63, 3.8) is 0 Å². The number of alkyl halides is 9. The highest BCUT2D eigenvalue weighted by molar-refractivity contribution is 5.71. The van der Waals surface area contributed by atoms with E-state index in [1.54, 1.807) is 0 Å². The number of aromatic amines is 1. The molecular weight excluding hydrogens is 459 g/mol. The summed E-state index contributed by atoms with van der Waals surface area (Å²) in [5, 5.41) is 0. The monoisotopic (exact) mass is 474 g/mol. The standard InChI is InChI=1S/C19H15F9N2O2/c1-8-3-13(19(26,27)28)14(29-8)7-30-9(2)15(32-16(30)31)10-4-11(17(20,21)22)6-12(5-10)18(23,24)25/h3-6,9,15,29H,7H2,1-2H3/t9-,15-/m0/s1. The highest BCUT2D eigenvalue weighted by Crippen LogP contribution is 2.41. The van der Waals surface area contributed by atoms with E-state index in [9.17, 15) is 44.3 Å². The molecule has 0 radical (unpaired) electrons. The first-order valence-electron chi connectivity index (χ1n) is 9.01. The molecule has 2 heterocycles. The first kappa shape index (κ1) is 23.8. The lowest BCUT2D eigenvalue weighted by molar-refractivity contribution is -0.143. The zero-order valence-corrected chi connectivity index (χ0v) is 16.3. The normalized spacial score (nSPS) is 20.1. The molecule has 3 rings (SSSR count). The number of rotatable bonds is 3. The second-order valence-electron chi connectivity index (χ2n) is 7.35. The van der Waals surface area contributed by atoms with Crippen molar-refractivity contribution in [1.29, 1.82) is 0 Å². The molecule has 176 valence electrons. The summed E-state index contributed by atoms with van der Waals surface area (Å²) in [5.74, 6) is 0. The lowest BCUT2D eigenvalue weighted by Gasteiger charge is -2.22. The van der Waals surface area contributed by atoms with E-state index in [0.717, 1.165) is 11.0 Å². The fourth-order valence-corrected chi connectivity index (χ4v) is 3.50. The minimum atomic E-state index is -5.11. The van der Waals surface area contributed by atoms with Gasteiger partial charge in [-0.15, -0.1) is 0 Å². The number of benzene rings is 1. The Labute approximate surface area is 175 Å². The fourth-order valence-electron chi connectivity index (χ4n) is 3.50. The number of aryl methyl sites for hydroxylation is 1. The highest BCUT2D eigenvalue weighted by Gasteiger charge is 2.44. The summed E-state index contributed by atoms with van der Waals surface area (Å²) in [4.78, 5) is 15.5. The Morgan fingerprint density at radius 2 is 1.44 bits per heavy atom.